The highest BCUT2D eigenvalue weighted by Gasteiger charge is 2.42. The largest absolute Gasteiger partial charge is 0.461 e. The molecule has 1 saturated carbocycles. The average Bonchev–Trinajstić information content (AvgIpc) is 3.10. The van der Waals surface area contributed by atoms with Crippen molar-refractivity contribution in [3.8, 4) is 0 Å². The third kappa shape index (κ3) is 7.08. The molecule has 1 saturated heterocycles. The number of rotatable bonds is 12. The van der Waals surface area contributed by atoms with Gasteiger partial charge in [-0.25, -0.2) is 0 Å². The molecule has 0 N–H and O–H groups in total. The van der Waals surface area contributed by atoms with Gasteiger partial charge in [0.2, 0.25) is 0 Å². The minimum absolute atomic E-state index is 0.0346. The molecule has 0 bridgehead atoms. The molecular weight excluding hydrogens is 404 g/mol. The molecule has 0 amide bonds. The predicted octanol–water partition coefficient (Wildman–Crippen LogP) is 5.88. The van der Waals surface area contributed by atoms with Crippen LogP contribution >= 0.6 is 0 Å². The van der Waals surface area contributed by atoms with Gasteiger partial charge < -0.3 is 18.9 Å². The van der Waals surface area contributed by atoms with E-state index in [-0.39, 0.29) is 36.1 Å². The molecule has 2 unspecified atom stereocenters. The van der Waals surface area contributed by atoms with Gasteiger partial charge in [0, 0.05) is 30.9 Å². The lowest BCUT2D eigenvalue weighted by molar-refractivity contribution is -0.187. The summed E-state index contributed by atoms with van der Waals surface area (Å²) in [6.45, 7) is 9.59. The fourth-order valence-corrected chi connectivity index (χ4v) is 4.70. The number of hydrogen-bond donors (Lipinski definition) is 0. The van der Waals surface area contributed by atoms with Gasteiger partial charge in [-0.2, -0.15) is 0 Å². The summed E-state index contributed by atoms with van der Waals surface area (Å²) in [7, 11) is 0. The van der Waals surface area contributed by atoms with E-state index in [2.05, 4.69) is 32.6 Å². The number of ketones is 1. The minimum Gasteiger partial charge on any atom is -0.461 e. The van der Waals surface area contributed by atoms with Gasteiger partial charge in [0.1, 0.15) is 18.5 Å². The molecule has 3 rings (SSSR count). The van der Waals surface area contributed by atoms with Crippen LogP contribution in [0.15, 0.2) is 49.0 Å². The normalized spacial score (nSPS) is 30.1. The van der Waals surface area contributed by atoms with Crippen LogP contribution in [0.4, 0.5) is 0 Å². The summed E-state index contributed by atoms with van der Waals surface area (Å²) in [6, 6.07) is 0. The van der Waals surface area contributed by atoms with Crippen LogP contribution in [0.25, 0.3) is 0 Å². The molecule has 5 heteroatoms. The van der Waals surface area contributed by atoms with Crippen LogP contribution in [0.1, 0.15) is 65.2 Å². The Morgan fingerprint density at radius 3 is 2.91 bits per heavy atom. The Morgan fingerprint density at radius 1 is 1.34 bits per heavy atom. The number of carbonyl (C=O) groups excluding carboxylic acids is 1. The van der Waals surface area contributed by atoms with E-state index in [4.69, 9.17) is 18.9 Å². The first-order valence-electron chi connectivity index (χ1n) is 12.4. The van der Waals surface area contributed by atoms with Crippen LogP contribution in [-0.4, -0.2) is 37.5 Å². The molecule has 5 nitrogen and oxygen atoms in total. The van der Waals surface area contributed by atoms with Gasteiger partial charge in [-0.05, 0) is 44.1 Å². The maximum atomic E-state index is 12.8. The lowest BCUT2D eigenvalue weighted by Crippen LogP contribution is -2.31. The third-order valence-corrected chi connectivity index (χ3v) is 6.63. The number of Topliss-reactive ketones (excluding diaryl/α,β-unsaturated/α-hetero) is 1. The number of ether oxygens (including phenoxy) is 4. The molecule has 2 heterocycles. The first kappa shape index (κ1) is 24.8. The minimum atomic E-state index is -0.237. The lowest BCUT2D eigenvalue weighted by Gasteiger charge is -2.30. The highest BCUT2D eigenvalue weighted by atomic mass is 16.7. The van der Waals surface area contributed by atoms with Crippen molar-refractivity contribution >= 4 is 5.78 Å². The molecule has 0 spiro atoms. The van der Waals surface area contributed by atoms with Gasteiger partial charge in [0.15, 0.2) is 6.29 Å². The Morgan fingerprint density at radius 2 is 2.22 bits per heavy atom. The zero-order chi connectivity index (χ0) is 22.8. The van der Waals surface area contributed by atoms with Gasteiger partial charge in [-0.1, -0.05) is 51.0 Å². The van der Waals surface area contributed by atoms with Crippen LogP contribution in [0.5, 0.6) is 0 Å². The Hall–Kier alpha value is -1.85. The van der Waals surface area contributed by atoms with Crippen LogP contribution in [0.2, 0.25) is 0 Å². The summed E-state index contributed by atoms with van der Waals surface area (Å²) in [5.74, 6) is 0.936. The van der Waals surface area contributed by atoms with Crippen molar-refractivity contribution in [1.29, 1.82) is 0 Å². The number of hydrogen-bond acceptors (Lipinski definition) is 5. The van der Waals surface area contributed by atoms with Crippen molar-refractivity contribution < 1.29 is 23.7 Å². The van der Waals surface area contributed by atoms with Crippen molar-refractivity contribution in [2.24, 2.45) is 17.8 Å². The second kappa shape index (κ2) is 13.0. The van der Waals surface area contributed by atoms with Crippen molar-refractivity contribution in [3.63, 3.8) is 0 Å². The summed E-state index contributed by atoms with van der Waals surface area (Å²) in [4.78, 5) is 12.8. The molecular formula is C27H40O5. The first-order valence-corrected chi connectivity index (χ1v) is 12.4. The summed E-state index contributed by atoms with van der Waals surface area (Å²) in [6.07, 6.45) is 19.0. The monoisotopic (exact) mass is 444 g/mol. The van der Waals surface area contributed by atoms with E-state index >= 15 is 0 Å². The maximum absolute atomic E-state index is 12.8. The number of unbranched alkanes of at least 4 members (excludes halogenated alkanes) is 1. The lowest BCUT2D eigenvalue weighted by atomic mass is 9.89. The predicted molar refractivity (Wildman–Crippen MR) is 126 cm³/mol. The highest BCUT2D eigenvalue weighted by molar-refractivity contribution is 5.85. The fourth-order valence-electron chi connectivity index (χ4n) is 4.70. The molecule has 1 aliphatic carbocycles. The van der Waals surface area contributed by atoms with E-state index in [0.29, 0.717) is 31.3 Å². The second-order valence-corrected chi connectivity index (χ2v) is 9.16. The topological polar surface area (TPSA) is 54.0 Å². The Kier molecular flexibility index (Phi) is 10.1. The van der Waals surface area contributed by atoms with Gasteiger partial charge in [-0.15, -0.1) is 6.58 Å². The molecule has 0 aromatic heterocycles. The molecule has 0 radical (unpaired) electrons. The number of carbonyl (C=O) groups is 1. The molecule has 178 valence electrons. The molecule has 2 aliphatic heterocycles. The zero-order valence-electron chi connectivity index (χ0n) is 19.7. The second-order valence-electron chi connectivity index (χ2n) is 9.16. The van der Waals surface area contributed by atoms with E-state index < -0.39 is 0 Å². The van der Waals surface area contributed by atoms with E-state index in [9.17, 15) is 4.79 Å². The van der Waals surface area contributed by atoms with Crippen LogP contribution in [-0.2, 0) is 23.7 Å². The number of allylic oxidation sites excluding steroid dienone is 3. The molecule has 6 atom stereocenters. The molecule has 0 aromatic rings. The average molecular weight is 445 g/mol. The van der Waals surface area contributed by atoms with E-state index in [1.54, 1.807) is 0 Å². The Bertz CT molecular complexity index is 688. The van der Waals surface area contributed by atoms with Crippen LogP contribution in [0, 0.1) is 17.8 Å². The molecule has 3 aliphatic rings. The van der Waals surface area contributed by atoms with Gasteiger partial charge in [0.05, 0.1) is 6.10 Å². The van der Waals surface area contributed by atoms with Gasteiger partial charge >= 0.3 is 0 Å². The first-order chi connectivity index (χ1) is 15.6. The summed E-state index contributed by atoms with van der Waals surface area (Å²) < 4.78 is 24.0. The van der Waals surface area contributed by atoms with E-state index in [1.165, 1.54) is 12.8 Å². The van der Waals surface area contributed by atoms with Crippen molar-refractivity contribution in [3.05, 3.63) is 49.0 Å². The highest BCUT2D eigenvalue weighted by Crippen LogP contribution is 2.37. The fraction of sp³-hybridized carbons (Fsp3) is 0.667. The molecule has 2 fully saturated rings. The standard InChI is InChI=1S/C27H40O5/c1-4-6-12-20(3)24(31-26-13-7-9-17-29-26)16-15-22-21(11-5-2)23(28)19-25(22)32-27-14-8-10-18-30-27/h5,8,10,14-16,20-22,24-26H,2,4,6-7,9,11-13,17-19H2,1,3H3/t20?,21-,22-,24-,25-,26?/m1/s1. The third-order valence-electron chi connectivity index (χ3n) is 6.63. The summed E-state index contributed by atoms with van der Waals surface area (Å²) in [5, 5.41) is 0. The van der Waals surface area contributed by atoms with E-state index in [1.807, 2.05) is 24.3 Å². The quantitative estimate of drug-likeness (QED) is 0.352. The van der Waals surface area contributed by atoms with Gasteiger partial charge in [-0.3, -0.25) is 4.79 Å². The van der Waals surface area contributed by atoms with Gasteiger partial charge in [0.25, 0.3) is 5.95 Å². The van der Waals surface area contributed by atoms with Crippen molar-refractivity contribution in [2.45, 2.75) is 83.7 Å². The SMILES string of the molecule is C=CC[C@H]1C(=O)C[C@@H](OC2=CC=CCO2)[C@@H]1C=C[C@@H](OC1CCCCO1)C(C)CCCC. The zero-order valence-corrected chi connectivity index (χ0v) is 19.7. The molecule has 0 aromatic carbocycles. The van der Waals surface area contributed by atoms with Crippen LogP contribution in [0.3, 0.4) is 0 Å². The van der Waals surface area contributed by atoms with Crippen molar-refractivity contribution in [2.75, 3.05) is 13.2 Å². The van der Waals surface area contributed by atoms with E-state index in [0.717, 1.165) is 32.3 Å². The van der Waals surface area contributed by atoms with Crippen molar-refractivity contribution in [1.82, 2.24) is 0 Å². The molecule has 32 heavy (non-hydrogen) atoms. The Balaban J connectivity index is 1.75. The Labute approximate surface area is 193 Å². The maximum Gasteiger partial charge on any atom is 0.279 e. The summed E-state index contributed by atoms with van der Waals surface area (Å²) in [5.41, 5.74) is 0. The van der Waals surface area contributed by atoms with Crippen LogP contribution < -0.4 is 0 Å². The summed E-state index contributed by atoms with van der Waals surface area (Å²) >= 11 is 0. The smallest absolute Gasteiger partial charge is 0.279 e.